The monoisotopic (exact) mass is 887 g/mol. The number of phenolic OH excluding ortho intramolecular Hbond substituents is 1. The number of aromatic hydroxyl groups is 1. The zero-order valence-electron chi connectivity index (χ0n) is 35.3. The Balaban J connectivity index is 1.01. The first-order valence-electron chi connectivity index (χ1n) is 21.6. The van der Waals surface area contributed by atoms with Gasteiger partial charge in [0.25, 0.3) is 0 Å². The van der Waals surface area contributed by atoms with Crippen LogP contribution in [0.3, 0.4) is 0 Å². The Bertz CT molecular complexity index is 2790. The number of epoxide rings is 1. The van der Waals surface area contributed by atoms with Crippen molar-refractivity contribution >= 4 is 56.4 Å². The van der Waals surface area contributed by atoms with Crippen LogP contribution in [0.5, 0.6) is 11.5 Å². The lowest BCUT2D eigenvalue weighted by atomic mass is 9.64. The smallest absolute Gasteiger partial charge is 0.342 e. The zero-order valence-corrected chi connectivity index (χ0v) is 36.9. The minimum Gasteiger partial charge on any atom is -0.507 e. The largest absolute Gasteiger partial charge is 0.507 e. The molecule has 3 aromatic heterocycles. The number of hydrogen-bond acceptors (Lipinski definition) is 16. The van der Waals surface area contributed by atoms with Crippen LogP contribution in [0.25, 0.3) is 22.2 Å². The van der Waals surface area contributed by atoms with Crippen molar-refractivity contribution in [2.24, 2.45) is 22.7 Å². The molecule has 0 amide bonds. The Kier molecular flexibility index (Phi) is 9.75. The molecule has 2 fully saturated rings. The first-order chi connectivity index (χ1) is 30.4. The van der Waals surface area contributed by atoms with Crippen LogP contribution < -0.4 is 26.9 Å². The Labute approximate surface area is 372 Å². The van der Waals surface area contributed by atoms with Gasteiger partial charge in [0.05, 0.1) is 29.7 Å². The molecule has 0 saturated carbocycles. The highest BCUT2D eigenvalue weighted by molar-refractivity contribution is 8.76. The van der Waals surface area contributed by atoms with Crippen molar-refractivity contribution in [3.05, 3.63) is 104 Å². The number of aromatic nitrogens is 2. The lowest BCUT2D eigenvalue weighted by Gasteiger charge is -2.49. The summed E-state index contributed by atoms with van der Waals surface area (Å²) in [6.45, 7) is 5.65. The van der Waals surface area contributed by atoms with E-state index in [0.29, 0.717) is 84.7 Å². The summed E-state index contributed by atoms with van der Waals surface area (Å²) in [5, 5.41) is 15.7. The summed E-state index contributed by atoms with van der Waals surface area (Å²) in [7, 11) is 5.25. The number of ether oxygens (including phenoxy) is 3. The first kappa shape index (κ1) is 40.5. The molecule has 63 heavy (non-hydrogen) atoms. The number of aryl methyl sites for hydroxylation is 2. The van der Waals surface area contributed by atoms with Crippen LogP contribution >= 0.6 is 21.6 Å². The molecule has 10 heterocycles. The van der Waals surface area contributed by atoms with Gasteiger partial charge in [-0.2, -0.15) is 0 Å². The number of nitrogen functional groups attached to an aromatic ring is 2. The molecule has 12 rings (SSSR count). The van der Waals surface area contributed by atoms with Gasteiger partial charge in [-0.15, -0.1) is 0 Å². The molecule has 2 saturated heterocycles. The van der Waals surface area contributed by atoms with E-state index >= 15 is 4.79 Å². The van der Waals surface area contributed by atoms with Gasteiger partial charge in [0.15, 0.2) is 11.0 Å². The average molecular weight is 888 g/mol. The molecule has 8 aliphatic rings. The molecule has 326 valence electrons. The number of nitrogens with two attached hydrogens (primary N) is 2. The third-order valence-corrected chi connectivity index (χ3v) is 16.3. The standard InChI is InChI=1S/C47H49N7O7S2/c1-23-12-34(55)40-35(58-23)17-36-41(42(40)56)39-29-6-5-27(15-26(29)18-50-3)47-37(61-47)7-4-24-13-32(53-38(48)14-24)30-16-28(20-54-19-25-8-10-51-33(25)21-54)52-44(49)31(30)22-63-62-11-9-46(2,60-36)43(39)59-45(47)57/h5-6,8,10,12-14,16-17,21,26-27,29,37,39,43,50,56H,4,7,9,11,15,18-20,22H2,1-3H3,(H2,48,53)(H2,49,52)/t26-,27+,29+,37-,39+,43-,46+,47+/m1/s1. The fraction of sp³-hybridized carbons (Fsp3) is 0.426. The van der Waals surface area contributed by atoms with Gasteiger partial charge >= 0.3 is 5.97 Å². The van der Waals surface area contributed by atoms with Crippen LogP contribution in [-0.2, 0) is 33.0 Å². The van der Waals surface area contributed by atoms with Crippen molar-refractivity contribution in [3.8, 4) is 22.8 Å². The van der Waals surface area contributed by atoms with Crippen molar-refractivity contribution in [3.63, 3.8) is 0 Å². The van der Waals surface area contributed by atoms with Gasteiger partial charge in [-0.05, 0) is 88.4 Å². The average Bonchev–Trinajstić information content (AvgIpc) is 3.58. The molecule has 0 unspecified atom stereocenters. The van der Waals surface area contributed by atoms with Crippen molar-refractivity contribution in [1.29, 1.82) is 0 Å². The SMILES string of the molecule is CNC[C@H]1C[C@@H]2C=C[C@@H]1[C@H]1c3c(cc4oc(C)cc(=O)c4c3O)O[C@@]3(C)CCSSCc4c(cc(CN5C=C6N=CC=C6C5)nc4N)-c4cc(cc(N)n4)CC[C@H]4O[C@@]24C(=O)O[C@H]13. The van der Waals surface area contributed by atoms with Gasteiger partial charge in [-0.3, -0.25) is 9.79 Å². The normalized spacial score (nSPS) is 30.4. The number of hydrogen-bond donors (Lipinski definition) is 4. The second kappa shape index (κ2) is 15.2. The van der Waals surface area contributed by atoms with Crippen LogP contribution in [0.15, 0.2) is 80.2 Å². The van der Waals surface area contributed by atoms with Crippen LogP contribution in [0.2, 0.25) is 0 Å². The fourth-order valence-electron chi connectivity index (χ4n) is 11.1. The number of allylic oxidation sites excluding steroid dienone is 2. The Hall–Kier alpha value is -5.29. The maximum Gasteiger partial charge on any atom is 0.342 e. The molecule has 0 radical (unpaired) electrons. The second-order valence-electron chi connectivity index (χ2n) is 18.1. The van der Waals surface area contributed by atoms with Crippen LogP contribution in [0.4, 0.5) is 11.6 Å². The summed E-state index contributed by atoms with van der Waals surface area (Å²) < 4.78 is 26.5. The van der Waals surface area contributed by atoms with Gasteiger partial charge in [-0.25, -0.2) is 14.8 Å². The van der Waals surface area contributed by atoms with E-state index in [1.807, 2.05) is 32.3 Å². The molecule has 6 bridgehead atoms. The number of phenols is 1. The van der Waals surface area contributed by atoms with E-state index in [-0.39, 0.29) is 39.9 Å². The number of anilines is 2. The third-order valence-electron chi connectivity index (χ3n) is 14.0. The number of pyridine rings is 2. The highest BCUT2D eigenvalue weighted by atomic mass is 33.1. The predicted molar refractivity (Wildman–Crippen MR) is 244 cm³/mol. The van der Waals surface area contributed by atoms with E-state index in [9.17, 15) is 9.90 Å². The van der Waals surface area contributed by atoms with Crippen molar-refractivity contribution in [1.82, 2.24) is 20.2 Å². The molecule has 8 atom stereocenters. The highest BCUT2D eigenvalue weighted by Crippen LogP contribution is 2.60. The molecule has 16 heteroatoms. The van der Waals surface area contributed by atoms with Gasteiger partial charge in [-0.1, -0.05) is 33.7 Å². The first-order valence-corrected chi connectivity index (χ1v) is 24.1. The van der Waals surface area contributed by atoms with E-state index in [4.69, 9.17) is 40.1 Å². The fourth-order valence-corrected chi connectivity index (χ4v) is 13.4. The number of benzene rings is 1. The number of carbonyl (C=O) groups is 1. The van der Waals surface area contributed by atoms with Gasteiger partial charge in [0.2, 0.25) is 0 Å². The molecule has 14 nitrogen and oxygen atoms in total. The lowest BCUT2D eigenvalue weighted by Crippen LogP contribution is -2.56. The van der Waals surface area contributed by atoms with Gasteiger partial charge in [0.1, 0.15) is 51.6 Å². The summed E-state index contributed by atoms with van der Waals surface area (Å²) in [4.78, 5) is 44.9. The third kappa shape index (κ3) is 6.74. The summed E-state index contributed by atoms with van der Waals surface area (Å²) in [5.74, 6) is 1.24. The Morgan fingerprint density at radius 3 is 2.81 bits per heavy atom. The minimum atomic E-state index is -1.21. The van der Waals surface area contributed by atoms with E-state index in [1.54, 1.807) is 34.6 Å². The van der Waals surface area contributed by atoms with E-state index in [2.05, 4.69) is 45.7 Å². The topological polar surface area (TPSA) is 204 Å². The molecule has 4 aromatic rings. The lowest BCUT2D eigenvalue weighted by molar-refractivity contribution is -0.174. The molecule has 1 aliphatic carbocycles. The Morgan fingerprint density at radius 1 is 1.10 bits per heavy atom. The van der Waals surface area contributed by atoms with Crippen LogP contribution in [-0.4, -0.2) is 81.5 Å². The molecule has 6 N–H and O–H groups in total. The maximum absolute atomic E-state index is 15.0. The maximum atomic E-state index is 15.0. The minimum absolute atomic E-state index is 0.0323. The molecular formula is C47H49N7O7S2. The van der Waals surface area contributed by atoms with Crippen LogP contribution in [0, 0.1) is 24.7 Å². The Morgan fingerprint density at radius 2 is 1.97 bits per heavy atom. The van der Waals surface area contributed by atoms with Crippen LogP contribution in [0.1, 0.15) is 60.2 Å². The molecule has 1 spiro atoms. The number of carbonyl (C=O) groups excluding carboxylic acids is 1. The predicted octanol–water partition coefficient (Wildman–Crippen LogP) is 6.34. The van der Waals surface area contributed by atoms with Crippen molar-refractivity contribution in [2.45, 2.75) is 81.2 Å². The second-order valence-corrected chi connectivity index (χ2v) is 20.7. The summed E-state index contributed by atoms with van der Waals surface area (Å²) in [6, 6.07) is 9.14. The van der Waals surface area contributed by atoms with E-state index in [0.717, 1.165) is 34.6 Å². The van der Waals surface area contributed by atoms with Crippen molar-refractivity contribution in [2.75, 3.05) is 37.4 Å². The number of aliphatic imine (C=N–C) groups is 1. The number of fused-ring (bicyclic) bond motifs is 8. The number of nitrogens with zero attached hydrogens (tertiary/aromatic N) is 4. The van der Waals surface area contributed by atoms with E-state index in [1.165, 1.54) is 11.6 Å². The number of esters is 1. The molecule has 1 aromatic carbocycles. The molecular weight excluding hydrogens is 839 g/mol. The summed E-state index contributed by atoms with van der Waals surface area (Å²) >= 11 is 0. The van der Waals surface area contributed by atoms with Crippen molar-refractivity contribution < 1.29 is 28.5 Å². The number of rotatable bonds is 4. The number of nitrogens with one attached hydrogen (secondary N) is 1. The zero-order chi connectivity index (χ0) is 43.4. The highest BCUT2D eigenvalue weighted by Gasteiger charge is 2.70. The molecule has 7 aliphatic heterocycles. The summed E-state index contributed by atoms with van der Waals surface area (Å²) in [6.07, 6.45) is 11.2. The quantitative estimate of drug-likeness (QED) is 0.0764. The van der Waals surface area contributed by atoms with Gasteiger partial charge in [0, 0.05) is 83.1 Å². The summed E-state index contributed by atoms with van der Waals surface area (Å²) in [5.41, 5.74) is 17.9. The van der Waals surface area contributed by atoms with E-state index < -0.39 is 35.3 Å². The van der Waals surface area contributed by atoms with Gasteiger partial charge < -0.3 is 45.4 Å².